The van der Waals surface area contributed by atoms with E-state index in [9.17, 15) is 0 Å². The van der Waals surface area contributed by atoms with Crippen LogP contribution in [0.5, 0.6) is 5.75 Å². The summed E-state index contributed by atoms with van der Waals surface area (Å²) in [6, 6.07) is 3.57. The molecule has 5 heteroatoms. The van der Waals surface area contributed by atoms with Crippen molar-refractivity contribution in [1.82, 2.24) is 9.97 Å². The lowest BCUT2D eigenvalue weighted by Crippen LogP contribution is -1.91. The predicted molar refractivity (Wildman–Crippen MR) is 46.1 cm³/mol. The lowest BCUT2D eigenvalue weighted by atomic mass is 10.3. The van der Waals surface area contributed by atoms with Crippen molar-refractivity contribution in [3.63, 3.8) is 0 Å². The molecule has 0 amide bonds. The maximum atomic E-state index is 5.10. The summed E-state index contributed by atoms with van der Waals surface area (Å²) in [5, 5.41) is 0. The van der Waals surface area contributed by atoms with Gasteiger partial charge < -0.3 is 8.21 Å². The number of rotatable bonds is 2. The standard InChI is InChI=1S/C8H6N2O2.Al/c11-6-2-1-3-9-7(6)8-10-4-5-12-8;/h1-5,11H;/q;+1/p-1. The zero-order valence-corrected chi connectivity index (χ0v) is 7.83. The molecule has 0 saturated carbocycles. The fourth-order valence-electron chi connectivity index (χ4n) is 0.987. The molecule has 0 aliphatic heterocycles. The molecule has 4 nitrogen and oxygen atoms in total. The highest BCUT2D eigenvalue weighted by Crippen LogP contribution is 2.24. The number of pyridine rings is 1. The van der Waals surface area contributed by atoms with Gasteiger partial charge in [-0.15, -0.1) is 0 Å². The van der Waals surface area contributed by atoms with Crippen LogP contribution in [-0.4, -0.2) is 26.6 Å². The van der Waals surface area contributed by atoms with Crippen molar-refractivity contribution in [2.24, 2.45) is 0 Å². The van der Waals surface area contributed by atoms with Crippen LogP contribution in [-0.2, 0) is 0 Å². The number of hydrogen-bond donors (Lipinski definition) is 0. The van der Waals surface area contributed by atoms with E-state index in [1.165, 1.54) is 6.26 Å². The fraction of sp³-hybridized carbons (Fsp3) is 0. The molecule has 2 heterocycles. The molecule has 2 rings (SSSR count). The highest BCUT2D eigenvalue weighted by Gasteiger charge is 2.08. The van der Waals surface area contributed by atoms with Gasteiger partial charge in [-0.2, -0.15) is 0 Å². The summed E-state index contributed by atoms with van der Waals surface area (Å²) >= 11 is 2.16. The molecule has 0 atom stereocenters. The molecule has 0 saturated heterocycles. The minimum Gasteiger partial charge on any atom is -0.652 e. The Bertz CT molecular complexity index is 389. The highest BCUT2D eigenvalue weighted by atomic mass is 27.1. The Morgan fingerprint density at radius 2 is 2.23 bits per heavy atom. The van der Waals surface area contributed by atoms with Crippen molar-refractivity contribution < 1.29 is 8.21 Å². The summed E-state index contributed by atoms with van der Waals surface area (Å²) in [7, 11) is 0. The van der Waals surface area contributed by atoms with E-state index in [-0.39, 0.29) is 0 Å². The van der Waals surface area contributed by atoms with Crippen molar-refractivity contribution >= 4 is 16.6 Å². The highest BCUT2D eigenvalue weighted by molar-refractivity contribution is 6.00. The van der Waals surface area contributed by atoms with E-state index < -0.39 is 0 Å². The fourth-order valence-corrected chi connectivity index (χ4v) is 1.18. The van der Waals surface area contributed by atoms with Gasteiger partial charge in [-0.1, -0.05) is 0 Å². The maximum absolute atomic E-state index is 5.10. The first kappa shape index (κ1) is 8.30. The molecule has 2 aromatic rings. The SMILES string of the molecule is [Al][O]c1cccnc1-c1ncco1. The van der Waals surface area contributed by atoms with Crippen LogP contribution in [0.3, 0.4) is 0 Å². The quantitative estimate of drug-likeness (QED) is 0.664. The van der Waals surface area contributed by atoms with E-state index in [4.69, 9.17) is 8.21 Å². The molecule has 13 heavy (non-hydrogen) atoms. The van der Waals surface area contributed by atoms with Gasteiger partial charge in [0, 0.05) is 6.20 Å². The molecule has 0 aliphatic carbocycles. The molecule has 62 valence electrons. The van der Waals surface area contributed by atoms with Crippen molar-refractivity contribution in [2.45, 2.75) is 0 Å². The Balaban J connectivity index is 2.51. The minimum atomic E-state index is 0.457. The van der Waals surface area contributed by atoms with E-state index in [0.717, 1.165) is 0 Å². The molecule has 2 radical (unpaired) electrons. The Morgan fingerprint density at radius 3 is 2.92 bits per heavy atom. The topological polar surface area (TPSA) is 48.2 Å². The number of oxazole rings is 1. The van der Waals surface area contributed by atoms with Gasteiger partial charge in [-0.05, 0) is 12.1 Å². The third kappa shape index (κ3) is 1.57. The number of aromatic nitrogens is 2. The first-order valence-corrected chi connectivity index (χ1v) is 4.10. The van der Waals surface area contributed by atoms with Crippen LogP contribution in [0.25, 0.3) is 11.6 Å². The van der Waals surface area contributed by atoms with Crippen LogP contribution in [0.2, 0.25) is 0 Å². The van der Waals surface area contributed by atoms with Gasteiger partial charge in [-0.25, -0.2) is 9.97 Å². The van der Waals surface area contributed by atoms with Gasteiger partial charge in [0.15, 0.2) is 5.69 Å². The Labute approximate surface area is 83.3 Å². The molecular weight excluding hydrogens is 183 g/mol. The van der Waals surface area contributed by atoms with Gasteiger partial charge in [0.05, 0.1) is 6.20 Å². The summed E-state index contributed by atoms with van der Waals surface area (Å²) < 4.78 is 10.1. The third-order valence-electron chi connectivity index (χ3n) is 1.53. The first-order chi connectivity index (χ1) is 6.42. The second-order valence-corrected chi connectivity index (χ2v) is 2.54. The third-order valence-corrected chi connectivity index (χ3v) is 1.79. The molecule has 2 aromatic heterocycles. The lowest BCUT2D eigenvalue weighted by Gasteiger charge is -2.04. The van der Waals surface area contributed by atoms with Crippen LogP contribution >= 0.6 is 0 Å². The first-order valence-electron chi connectivity index (χ1n) is 3.63. The molecule has 0 fully saturated rings. The van der Waals surface area contributed by atoms with Crippen LogP contribution in [0.1, 0.15) is 0 Å². The van der Waals surface area contributed by atoms with Gasteiger partial charge in [-0.3, -0.25) is 0 Å². The average molecular weight is 188 g/mol. The lowest BCUT2D eigenvalue weighted by molar-refractivity contribution is 0.560. The molecule has 0 bridgehead atoms. The normalized spacial score (nSPS) is 9.85. The van der Waals surface area contributed by atoms with Crippen molar-refractivity contribution in [1.29, 1.82) is 0 Å². The molecular formula is C8H5AlN2O2. The summed E-state index contributed by atoms with van der Waals surface area (Å²) in [4.78, 5) is 8.07. The molecule has 0 N–H and O–H groups in total. The molecule has 0 spiro atoms. The van der Waals surface area contributed by atoms with Crippen molar-refractivity contribution in [2.75, 3.05) is 0 Å². The van der Waals surface area contributed by atoms with Crippen LogP contribution in [0, 0.1) is 0 Å². The van der Waals surface area contributed by atoms with Crippen LogP contribution in [0.4, 0.5) is 0 Å². The smallest absolute Gasteiger partial charge is 0.482 e. The largest absolute Gasteiger partial charge is 0.652 e. The van der Waals surface area contributed by atoms with Gasteiger partial charge in [0.25, 0.3) is 0 Å². The van der Waals surface area contributed by atoms with Gasteiger partial charge in [0.2, 0.25) is 5.89 Å². The maximum Gasteiger partial charge on any atom is 0.482 e. The average Bonchev–Trinajstić information content (AvgIpc) is 2.70. The predicted octanol–water partition coefficient (Wildman–Crippen LogP) is 1.20. The van der Waals surface area contributed by atoms with E-state index in [1.807, 2.05) is 0 Å². The minimum absolute atomic E-state index is 0.457. The van der Waals surface area contributed by atoms with Crippen molar-refractivity contribution in [3.05, 3.63) is 30.8 Å². The summed E-state index contributed by atoms with van der Waals surface area (Å²) in [6.07, 6.45) is 4.72. The van der Waals surface area contributed by atoms with E-state index in [0.29, 0.717) is 17.3 Å². The van der Waals surface area contributed by atoms with Gasteiger partial charge in [0.1, 0.15) is 12.0 Å². The van der Waals surface area contributed by atoms with Crippen LogP contribution < -0.4 is 3.79 Å². The number of nitrogens with zero attached hydrogens (tertiary/aromatic N) is 2. The molecule has 0 aromatic carbocycles. The molecule has 0 unspecified atom stereocenters. The Hall–Kier alpha value is -1.31. The van der Waals surface area contributed by atoms with E-state index >= 15 is 0 Å². The number of hydrogen-bond acceptors (Lipinski definition) is 4. The van der Waals surface area contributed by atoms with E-state index in [1.54, 1.807) is 24.5 Å². The van der Waals surface area contributed by atoms with Crippen LogP contribution in [0.15, 0.2) is 35.2 Å². The van der Waals surface area contributed by atoms with Crippen molar-refractivity contribution in [3.8, 4) is 17.3 Å². The monoisotopic (exact) mass is 188 g/mol. The zero-order valence-electron chi connectivity index (χ0n) is 6.68. The zero-order chi connectivity index (χ0) is 9.10. The summed E-state index contributed by atoms with van der Waals surface area (Å²) in [5.41, 5.74) is 0.600. The Kier molecular flexibility index (Phi) is 2.30. The second kappa shape index (κ2) is 3.61. The molecule has 0 aliphatic rings. The van der Waals surface area contributed by atoms with E-state index in [2.05, 4.69) is 26.6 Å². The van der Waals surface area contributed by atoms with Gasteiger partial charge >= 0.3 is 16.6 Å². The summed E-state index contributed by atoms with van der Waals surface area (Å²) in [6.45, 7) is 0. The Morgan fingerprint density at radius 1 is 1.31 bits per heavy atom. The summed E-state index contributed by atoms with van der Waals surface area (Å²) in [5.74, 6) is 1.08. The second-order valence-electron chi connectivity index (χ2n) is 2.31.